The molecule has 28 aromatic rings. The number of para-hydroxylation sites is 6. The highest BCUT2D eigenvalue weighted by molar-refractivity contribution is 6.29. The minimum Gasteiger partial charge on any atom is -0.455 e. The largest absolute Gasteiger partial charge is 0.455 e. The van der Waals surface area contributed by atoms with Crippen LogP contribution in [0.1, 0.15) is 86.1 Å². The molecule has 0 saturated carbocycles. The summed E-state index contributed by atoms with van der Waals surface area (Å²) in [6.45, 7) is 27.0. The van der Waals surface area contributed by atoms with Crippen LogP contribution >= 0.6 is 0 Å². The summed E-state index contributed by atoms with van der Waals surface area (Å²) in [7, 11) is 0. The van der Waals surface area contributed by atoms with Crippen LogP contribution in [0.3, 0.4) is 0 Å². The molecule has 0 amide bonds. The number of aryl methyl sites for hydroxylation is 6. The molecule has 22 aromatic carbocycles. The van der Waals surface area contributed by atoms with Gasteiger partial charge in [-0.15, -0.1) is 0 Å². The number of aromatic nitrogens is 3. The van der Waals surface area contributed by atoms with Gasteiger partial charge in [-0.3, -0.25) is 0 Å². The Morgan fingerprint density at radius 3 is 0.792 bits per heavy atom. The van der Waals surface area contributed by atoms with Crippen LogP contribution in [0.4, 0.5) is 0 Å². The molecule has 0 unspecified atom stereocenters. The average Bonchev–Trinajstić information content (AvgIpc) is 1.37. The summed E-state index contributed by atoms with van der Waals surface area (Å²) in [4.78, 5) is 16.4. The molecule has 0 fully saturated rings. The van der Waals surface area contributed by atoms with Crippen molar-refractivity contribution in [3.05, 3.63) is 475 Å². The number of rotatable bonds is 10. The molecule has 0 spiro atoms. The predicted molar refractivity (Wildman–Crippen MR) is 632 cm³/mol. The molecule has 28 rings (SSSR count). The third-order valence-corrected chi connectivity index (χ3v) is 30.8. The molecule has 0 aliphatic heterocycles. The quantitative estimate of drug-likeness (QED) is 0.127. The van der Waals surface area contributed by atoms with Gasteiger partial charge in [0.25, 0.3) is 0 Å². The molecule has 0 aliphatic carbocycles. The highest BCUT2D eigenvalue weighted by atomic mass is 16.3. The van der Waals surface area contributed by atoms with Gasteiger partial charge < -0.3 is 13.3 Å². The molecular weight excluding hydrogens is 1810 g/mol. The fourth-order valence-electron chi connectivity index (χ4n) is 23.7. The van der Waals surface area contributed by atoms with Gasteiger partial charge in [0.1, 0.15) is 33.5 Å². The Labute approximate surface area is 866 Å². The molecule has 6 aromatic heterocycles. The van der Waals surface area contributed by atoms with Gasteiger partial charge in [0.15, 0.2) is 0 Å². The normalized spacial score (nSPS) is 12.0. The number of hydrogen-bond donors (Lipinski definition) is 0. The smallest absolute Gasteiger partial charge is 0.143 e. The molecule has 0 atom stereocenters. The van der Waals surface area contributed by atoms with Gasteiger partial charge in [-0.25, -0.2) is 15.0 Å². The van der Waals surface area contributed by atoms with Crippen molar-refractivity contribution in [2.45, 2.75) is 93.9 Å². The van der Waals surface area contributed by atoms with Crippen molar-refractivity contribution in [1.82, 2.24) is 15.0 Å². The van der Waals surface area contributed by atoms with Gasteiger partial charge in [0.2, 0.25) is 0 Å². The highest BCUT2D eigenvalue weighted by Gasteiger charge is 2.26. The Morgan fingerprint density at radius 2 is 0.423 bits per heavy atom. The van der Waals surface area contributed by atoms with E-state index in [0.717, 1.165) is 171 Å². The Kier molecular flexibility index (Phi) is 22.0. The topological polar surface area (TPSA) is 78.1 Å². The summed E-state index contributed by atoms with van der Waals surface area (Å²) in [5.41, 5.74) is 41.7. The summed E-state index contributed by atoms with van der Waals surface area (Å²) in [5, 5.41) is 25.0. The lowest BCUT2D eigenvalue weighted by molar-refractivity contribution is 0.591. The highest BCUT2D eigenvalue weighted by Crippen LogP contribution is 2.49. The first-order chi connectivity index (χ1) is 72.6. The lowest BCUT2D eigenvalue weighted by Gasteiger charge is -2.22. The van der Waals surface area contributed by atoms with Crippen LogP contribution in [-0.4, -0.2) is 15.0 Å². The van der Waals surface area contributed by atoms with E-state index in [1.807, 2.05) is 36.4 Å². The zero-order chi connectivity index (χ0) is 101. The first kappa shape index (κ1) is 91.0. The van der Waals surface area contributed by atoms with Gasteiger partial charge in [-0.2, -0.15) is 0 Å². The van der Waals surface area contributed by atoms with E-state index in [0.29, 0.717) is 0 Å². The number of nitrogens with zero attached hydrogens (tertiary/aromatic N) is 3. The van der Waals surface area contributed by atoms with Crippen LogP contribution in [0, 0.1) is 41.5 Å². The van der Waals surface area contributed by atoms with Crippen molar-refractivity contribution in [1.29, 1.82) is 0 Å². The standard InChI is InChI=1S/C53H41NO.C47H29NO.C43H37NO/c1-30-23-32(3)50(33(4)24-30)38-17-19-41-43-21-22-48(37-12-9-11-36(27-37)40-14-10-15-45-42-13-7-8-16-49(42)55-53(40)45)54-52(43)44-20-18-39(29-47(44)46(41)28-38)51-34(5)25-31(2)26-35(51)6;1-3-11-30(12-4-1)32-21-23-37-39-25-26-44(48-46(39)40-24-22-33(29-43(40)42(37)28-32)31-13-5-2-6-14-31)35-16-9-15-34(27-35)36-18-10-19-41-38-17-7-8-20-45(38)49-47(36)41;1-42(2,3)28-17-19-31-32-20-18-29(43(4,5)6)25-37(32)40-34(36(31)24-28)21-22-38(44-40)27-12-9-11-26(23-27)30-14-10-15-35-33-13-7-8-16-39(33)45-41(30)35/h7-29H,1-6H3;1-29H;7-25H,1-6H3. The zero-order valence-electron chi connectivity index (χ0n) is 85.6. The van der Waals surface area contributed by atoms with Crippen molar-refractivity contribution in [2.24, 2.45) is 0 Å². The summed E-state index contributed by atoms with van der Waals surface area (Å²) >= 11 is 0. The number of fused-ring (bicyclic) bond motifs is 27. The molecule has 0 saturated heterocycles. The molecular formula is C143H107N3O3. The molecule has 149 heavy (non-hydrogen) atoms. The minimum absolute atomic E-state index is 0.0369. The Morgan fingerprint density at radius 1 is 0.168 bits per heavy atom. The SMILES string of the molecule is CC(C)(C)c1ccc2c(c1)c1ccc(-c3cccc(-c4cccc5c4oc4ccccc45)c3)nc1c1cc(C(C)(C)C)ccc21.Cc1cc(C)c(-c2ccc3c(c2)c2cc(-c4c(C)cc(C)cc4C)ccc2c2nc(-c4cccc(-c5cccc6c5oc5ccccc56)c4)ccc32)c(C)c1.c1ccc(-c2ccc3c(c2)c2cc(-c4ccccc4)ccc2c2nc(-c4cccc(-c5cccc6c5oc5ccccc56)c4)ccc32)cc1. The van der Waals surface area contributed by atoms with Crippen molar-refractivity contribution in [3.8, 4) is 112 Å². The lowest BCUT2D eigenvalue weighted by atomic mass is 9.83. The molecule has 0 bridgehead atoms. The maximum atomic E-state index is 6.43. The maximum Gasteiger partial charge on any atom is 0.143 e. The third kappa shape index (κ3) is 16.1. The first-order valence-corrected chi connectivity index (χ1v) is 51.8. The van der Waals surface area contributed by atoms with Crippen molar-refractivity contribution in [3.63, 3.8) is 0 Å². The molecule has 0 aliphatic rings. The molecule has 6 heterocycles. The van der Waals surface area contributed by atoms with Crippen LogP contribution in [0.2, 0.25) is 0 Å². The second-order valence-electron chi connectivity index (χ2n) is 42.7. The van der Waals surface area contributed by atoms with Crippen molar-refractivity contribution in [2.75, 3.05) is 0 Å². The molecule has 6 nitrogen and oxygen atoms in total. The second kappa shape index (κ2) is 36.1. The van der Waals surface area contributed by atoms with Gasteiger partial charge in [0, 0.05) is 98.0 Å². The molecule has 6 heteroatoms. The Balaban J connectivity index is 0.000000113. The third-order valence-electron chi connectivity index (χ3n) is 30.8. The van der Waals surface area contributed by atoms with Crippen LogP contribution < -0.4 is 0 Å². The summed E-state index contributed by atoms with van der Waals surface area (Å²) in [6.07, 6.45) is 0. The van der Waals surface area contributed by atoms with Crippen LogP contribution in [0.5, 0.6) is 0 Å². The van der Waals surface area contributed by atoms with E-state index in [1.165, 1.54) is 148 Å². The number of benzene rings is 22. The van der Waals surface area contributed by atoms with E-state index in [1.54, 1.807) is 0 Å². The fraction of sp³-hybridized carbons (Fsp3) is 0.0979. The number of hydrogen-bond acceptors (Lipinski definition) is 6. The van der Waals surface area contributed by atoms with E-state index in [4.69, 9.17) is 28.2 Å². The number of pyridine rings is 3. The van der Waals surface area contributed by atoms with Gasteiger partial charge >= 0.3 is 0 Å². The minimum atomic E-state index is 0.0369. The second-order valence-corrected chi connectivity index (χ2v) is 42.7. The zero-order valence-corrected chi connectivity index (χ0v) is 85.6. The monoisotopic (exact) mass is 1910 g/mol. The Bertz CT molecular complexity index is 10300. The predicted octanol–water partition coefficient (Wildman–Crippen LogP) is 40.4. The Hall–Kier alpha value is -18.0. The summed E-state index contributed by atoms with van der Waals surface area (Å²) in [6, 6.07) is 155. The molecule has 0 N–H and O–H groups in total. The fourth-order valence-corrected chi connectivity index (χ4v) is 23.7. The van der Waals surface area contributed by atoms with E-state index in [9.17, 15) is 0 Å². The lowest BCUT2D eigenvalue weighted by Crippen LogP contribution is -2.11. The van der Waals surface area contributed by atoms with Crippen LogP contribution in [0.15, 0.2) is 444 Å². The van der Waals surface area contributed by atoms with Crippen LogP contribution in [-0.2, 0) is 10.8 Å². The van der Waals surface area contributed by atoms with E-state index >= 15 is 0 Å². The van der Waals surface area contributed by atoms with E-state index < -0.39 is 0 Å². The maximum absolute atomic E-state index is 6.43. The first-order valence-electron chi connectivity index (χ1n) is 51.8. The van der Waals surface area contributed by atoms with Crippen LogP contribution in [0.25, 0.3) is 275 Å². The number of furan rings is 3. The summed E-state index contributed by atoms with van der Waals surface area (Å²) in [5.74, 6) is 0. The molecule has 712 valence electrons. The van der Waals surface area contributed by atoms with Crippen molar-refractivity contribution >= 4 is 163 Å². The van der Waals surface area contributed by atoms with Gasteiger partial charge in [-0.05, 0) is 305 Å². The summed E-state index contributed by atoms with van der Waals surface area (Å²) < 4.78 is 19.2. The van der Waals surface area contributed by atoms with E-state index in [2.05, 4.69) is 477 Å². The van der Waals surface area contributed by atoms with E-state index in [-0.39, 0.29) is 10.8 Å². The van der Waals surface area contributed by atoms with Gasteiger partial charge in [-0.1, -0.05) is 374 Å². The molecule has 0 radical (unpaired) electrons. The van der Waals surface area contributed by atoms with Gasteiger partial charge in [0.05, 0.1) is 33.6 Å². The van der Waals surface area contributed by atoms with Crippen molar-refractivity contribution < 1.29 is 13.3 Å². The average molecular weight is 1920 g/mol.